The van der Waals surface area contributed by atoms with Crippen molar-refractivity contribution in [3.8, 4) is 0 Å². The van der Waals surface area contributed by atoms with E-state index >= 15 is 0 Å². The van der Waals surface area contributed by atoms with E-state index < -0.39 is 6.04 Å². The van der Waals surface area contributed by atoms with Gasteiger partial charge in [0.05, 0.1) is 19.7 Å². The van der Waals surface area contributed by atoms with Gasteiger partial charge in [-0.1, -0.05) is 6.07 Å². The molecule has 0 N–H and O–H groups in total. The van der Waals surface area contributed by atoms with Crippen LogP contribution in [-0.2, 0) is 9.53 Å². The van der Waals surface area contributed by atoms with Crippen LogP contribution in [0.25, 0.3) is 0 Å². The van der Waals surface area contributed by atoms with E-state index in [9.17, 15) is 14.4 Å². The third-order valence-electron chi connectivity index (χ3n) is 5.18. The highest BCUT2D eigenvalue weighted by Crippen LogP contribution is 2.23. The summed E-state index contributed by atoms with van der Waals surface area (Å²) in [6.07, 6.45) is 0.657. The fourth-order valence-electron chi connectivity index (χ4n) is 3.49. The Balaban J connectivity index is 1.78. The van der Waals surface area contributed by atoms with Crippen LogP contribution in [0.3, 0.4) is 0 Å². The molecule has 140 valence electrons. The quantitative estimate of drug-likeness (QED) is 0.763. The van der Waals surface area contributed by atoms with Gasteiger partial charge in [0.25, 0.3) is 11.8 Å². The lowest BCUT2D eigenvalue weighted by molar-refractivity contribution is -0.128. The molecule has 1 aromatic rings. The van der Waals surface area contributed by atoms with Crippen LogP contribution in [0.5, 0.6) is 0 Å². The molecule has 1 atom stereocenters. The highest BCUT2D eigenvalue weighted by atomic mass is 16.5. The van der Waals surface area contributed by atoms with Crippen molar-refractivity contribution >= 4 is 17.8 Å². The second-order valence-electron chi connectivity index (χ2n) is 6.88. The average Bonchev–Trinajstić information content (AvgIpc) is 2.79. The minimum Gasteiger partial charge on any atom is -0.383 e. The Morgan fingerprint density at radius 1 is 1.19 bits per heavy atom. The summed E-state index contributed by atoms with van der Waals surface area (Å²) in [4.78, 5) is 42.6. The zero-order valence-corrected chi connectivity index (χ0v) is 15.5. The number of fused-ring (bicyclic) bond motifs is 1. The summed E-state index contributed by atoms with van der Waals surface area (Å²) in [6.45, 7) is 5.79. The van der Waals surface area contributed by atoms with Crippen LogP contribution in [0.2, 0.25) is 0 Å². The van der Waals surface area contributed by atoms with E-state index in [-0.39, 0.29) is 30.9 Å². The summed E-state index contributed by atoms with van der Waals surface area (Å²) in [6, 6.07) is 4.76. The molecule has 0 spiro atoms. The van der Waals surface area contributed by atoms with E-state index in [0.29, 0.717) is 31.7 Å². The lowest BCUT2D eigenvalue weighted by Crippen LogP contribution is -2.43. The second kappa shape index (κ2) is 7.45. The average molecular weight is 359 g/mol. The number of amides is 4. The molecule has 0 bridgehead atoms. The van der Waals surface area contributed by atoms with Crippen molar-refractivity contribution in [2.75, 3.05) is 39.9 Å². The monoisotopic (exact) mass is 359 g/mol. The van der Waals surface area contributed by atoms with Gasteiger partial charge >= 0.3 is 6.03 Å². The van der Waals surface area contributed by atoms with E-state index in [1.165, 1.54) is 12.0 Å². The van der Waals surface area contributed by atoms with E-state index in [0.717, 1.165) is 11.1 Å². The molecular weight excluding hydrogens is 334 g/mol. The number of rotatable bonds is 4. The van der Waals surface area contributed by atoms with Gasteiger partial charge in [-0.25, -0.2) is 4.79 Å². The molecule has 2 fully saturated rings. The topological polar surface area (TPSA) is 70.2 Å². The summed E-state index contributed by atoms with van der Waals surface area (Å²) in [5.74, 6) is -0.336. The van der Waals surface area contributed by atoms with Crippen LogP contribution < -0.4 is 0 Å². The van der Waals surface area contributed by atoms with Gasteiger partial charge in [-0.2, -0.15) is 0 Å². The molecule has 1 unspecified atom stereocenters. The van der Waals surface area contributed by atoms with Crippen LogP contribution in [0.15, 0.2) is 18.2 Å². The van der Waals surface area contributed by atoms with Gasteiger partial charge in [0.1, 0.15) is 6.04 Å². The first-order valence-corrected chi connectivity index (χ1v) is 8.91. The number of nitrogens with zero attached hydrogens (tertiary/aromatic N) is 3. The third-order valence-corrected chi connectivity index (χ3v) is 5.18. The van der Waals surface area contributed by atoms with Crippen LogP contribution in [0.4, 0.5) is 4.79 Å². The van der Waals surface area contributed by atoms with Crippen LogP contribution >= 0.6 is 0 Å². The molecule has 4 amide bonds. The summed E-state index contributed by atoms with van der Waals surface area (Å²) >= 11 is 0. The highest BCUT2D eigenvalue weighted by Gasteiger charge is 2.46. The van der Waals surface area contributed by atoms with E-state index in [4.69, 9.17) is 4.74 Å². The maximum Gasteiger partial charge on any atom is 0.327 e. The van der Waals surface area contributed by atoms with E-state index in [1.54, 1.807) is 9.80 Å². The predicted octanol–water partition coefficient (Wildman–Crippen LogP) is 1.43. The van der Waals surface area contributed by atoms with Crippen LogP contribution in [0, 0.1) is 13.8 Å². The zero-order valence-electron chi connectivity index (χ0n) is 15.5. The number of hydrogen-bond donors (Lipinski definition) is 0. The van der Waals surface area contributed by atoms with Crippen molar-refractivity contribution in [3.05, 3.63) is 34.9 Å². The van der Waals surface area contributed by atoms with Gasteiger partial charge in [0.15, 0.2) is 0 Å². The lowest BCUT2D eigenvalue weighted by Gasteiger charge is -2.24. The fourth-order valence-corrected chi connectivity index (χ4v) is 3.49. The molecule has 2 heterocycles. The first-order chi connectivity index (χ1) is 12.4. The first kappa shape index (κ1) is 18.4. The molecule has 2 aliphatic heterocycles. The molecule has 0 aliphatic carbocycles. The van der Waals surface area contributed by atoms with Gasteiger partial charge in [0.2, 0.25) is 0 Å². The fraction of sp³-hybridized carbons (Fsp3) is 0.526. The standard InChI is InChI=1S/C19H25N3O4/c1-13-5-6-15(11-14(13)2)17(23)20-7-4-8-21-16(12-20)18(24)22(19(21)25)9-10-26-3/h5-6,11,16H,4,7-10,12H2,1-3H3. The molecule has 7 heteroatoms. The SMILES string of the molecule is COCCN1C(=O)C2CN(C(=O)c3ccc(C)c(C)c3)CCCN2C1=O. The maximum absolute atomic E-state index is 12.9. The normalized spacial score (nSPS) is 20.4. The number of urea groups is 1. The molecule has 26 heavy (non-hydrogen) atoms. The van der Waals surface area contributed by atoms with Crippen molar-refractivity contribution in [1.29, 1.82) is 0 Å². The highest BCUT2D eigenvalue weighted by molar-refractivity contribution is 6.05. The summed E-state index contributed by atoms with van der Waals surface area (Å²) in [5.41, 5.74) is 2.81. The largest absolute Gasteiger partial charge is 0.383 e. The summed E-state index contributed by atoms with van der Waals surface area (Å²) < 4.78 is 4.99. The van der Waals surface area contributed by atoms with Crippen molar-refractivity contribution in [2.45, 2.75) is 26.3 Å². The number of carbonyl (C=O) groups is 3. The van der Waals surface area contributed by atoms with Gasteiger partial charge in [-0.3, -0.25) is 14.5 Å². The minimum absolute atomic E-state index is 0.0921. The number of imide groups is 1. The van der Waals surface area contributed by atoms with Gasteiger partial charge < -0.3 is 14.5 Å². The number of methoxy groups -OCH3 is 1. The maximum atomic E-state index is 12.9. The Hall–Kier alpha value is -2.41. The number of benzene rings is 1. The number of aryl methyl sites for hydroxylation is 2. The number of carbonyl (C=O) groups excluding carboxylic acids is 3. The van der Waals surface area contributed by atoms with Crippen molar-refractivity contribution in [2.24, 2.45) is 0 Å². The van der Waals surface area contributed by atoms with Crippen molar-refractivity contribution in [1.82, 2.24) is 14.7 Å². The van der Waals surface area contributed by atoms with E-state index in [2.05, 4.69) is 0 Å². The van der Waals surface area contributed by atoms with Gasteiger partial charge in [-0.05, 0) is 43.5 Å². The zero-order chi connectivity index (χ0) is 18.8. The summed E-state index contributed by atoms with van der Waals surface area (Å²) in [7, 11) is 1.54. The molecule has 0 saturated carbocycles. The Labute approximate surface area is 153 Å². The van der Waals surface area contributed by atoms with Crippen molar-refractivity contribution in [3.63, 3.8) is 0 Å². The smallest absolute Gasteiger partial charge is 0.327 e. The Bertz CT molecular complexity index is 733. The Morgan fingerprint density at radius 2 is 1.96 bits per heavy atom. The first-order valence-electron chi connectivity index (χ1n) is 8.91. The molecule has 7 nitrogen and oxygen atoms in total. The predicted molar refractivity (Wildman–Crippen MR) is 95.9 cm³/mol. The van der Waals surface area contributed by atoms with Gasteiger partial charge in [-0.15, -0.1) is 0 Å². The van der Waals surface area contributed by atoms with Crippen LogP contribution in [-0.4, -0.2) is 78.5 Å². The molecule has 3 rings (SSSR count). The molecule has 0 aromatic heterocycles. The number of hydrogen-bond acceptors (Lipinski definition) is 4. The Kier molecular flexibility index (Phi) is 5.27. The van der Waals surface area contributed by atoms with Crippen molar-refractivity contribution < 1.29 is 19.1 Å². The molecule has 1 aromatic carbocycles. The van der Waals surface area contributed by atoms with E-state index in [1.807, 2.05) is 32.0 Å². The lowest BCUT2D eigenvalue weighted by atomic mass is 10.1. The molecular formula is C19H25N3O4. The molecule has 2 saturated heterocycles. The van der Waals surface area contributed by atoms with Gasteiger partial charge in [0, 0.05) is 25.8 Å². The Morgan fingerprint density at radius 3 is 2.65 bits per heavy atom. The minimum atomic E-state index is -0.600. The second-order valence-corrected chi connectivity index (χ2v) is 6.88. The summed E-state index contributed by atoms with van der Waals surface area (Å²) in [5, 5.41) is 0. The molecule has 2 aliphatic rings. The molecule has 0 radical (unpaired) electrons. The third kappa shape index (κ3) is 3.31. The van der Waals surface area contributed by atoms with Crippen LogP contribution in [0.1, 0.15) is 27.9 Å². The number of ether oxygens (including phenoxy) is 1.